The Hall–Kier alpha value is -0.760. The van der Waals surface area contributed by atoms with E-state index in [2.05, 4.69) is 4.99 Å². The smallest absolute Gasteiger partial charge is 0.0704 e. The van der Waals surface area contributed by atoms with E-state index in [0.29, 0.717) is 0 Å². The maximum atomic E-state index is 4.36. The number of hydrogen-bond donors (Lipinski definition) is 0. The van der Waals surface area contributed by atoms with E-state index in [-0.39, 0.29) is 0 Å². The molecule has 0 aliphatic rings. The molecule has 1 nitrogen and oxygen atoms in total. The fourth-order valence-electron chi connectivity index (χ4n) is 0.730. The van der Waals surface area contributed by atoms with Gasteiger partial charge >= 0.3 is 0 Å². The normalized spacial score (nSPS) is 11.6. The topological polar surface area (TPSA) is 12.4 Å². The number of nitrogens with zero attached hydrogens (tertiary/aromatic N) is 1. The highest BCUT2D eigenvalue weighted by molar-refractivity contribution is 8.13. The highest BCUT2D eigenvalue weighted by Gasteiger charge is 1.87. The van der Waals surface area contributed by atoms with E-state index in [9.17, 15) is 0 Å². The Morgan fingerprint density at radius 2 is 1.91 bits per heavy atom. The number of benzene rings is 1. The lowest BCUT2D eigenvalue weighted by molar-refractivity contribution is 1.52. The molecule has 2 heteroatoms. The zero-order valence-electron chi connectivity index (χ0n) is 6.74. The summed E-state index contributed by atoms with van der Waals surface area (Å²) in [7, 11) is 0. The molecule has 0 atom stereocenters. The van der Waals surface area contributed by atoms with Crippen LogP contribution in [0.5, 0.6) is 0 Å². The number of hydrogen-bond acceptors (Lipinski definition) is 2. The summed E-state index contributed by atoms with van der Waals surface area (Å²) in [6, 6.07) is 9.98. The first-order valence-electron chi connectivity index (χ1n) is 3.47. The molecule has 0 heterocycles. The third-order valence-corrected chi connectivity index (χ3v) is 2.02. The second kappa shape index (κ2) is 4.19. The Kier molecular flexibility index (Phi) is 3.17. The van der Waals surface area contributed by atoms with Gasteiger partial charge in [-0.1, -0.05) is 18.2 Å². The summed E-state index contributed by atoms with van der Waals surface area (Å²) in [6.45, 7) is 2.01. The van der Waals surface area contributed by atoms with Gasteiger partial charge in [-0.25, -0.2) is 4.99 Å². The van der Waals surface area contributed by atoms with Crippen LogP contribution in [-0.2, 0) is 0 Å². The summed E-state index contributed by atoms with van der Waals surface area (Å²) in [4.78, 5) is 4.36. The minimum absolute atomic E-state index is 1.03. The molecule has 1 aromatic carbocycles. The van der Waals surface area contributed by atoms with Gasteiger partial charge in [-0.05, 0) is 25.3 Å². The maximum absolute atomic E-state index is 4.36. The zero-order chi connectivity index (χ0) is 8.10. The molecule has 58 valence electrons. The molecule has 0 aliphatic heterocycles. The first-order chi connectivity index (χ1) is 5.33. The first-order valence-corrected chi connectivity index (χ1v) is 4.70. The predicted molar refractivity (Wildman–Crippen MR) is 52.7 cm³/mol. The molecule has 0 amide bonds. The van der Waals surface area contributed by atoms with Crippen LogP contribution in [0.25, 0.3) is 0 Å². The monoisotopic (exact) mass is 165 g/mol. The van der Waals surface area contributed by atoms with Crippen molar-refractivity contribution in [3.05, 3.63) is 30.3 Å². The van der Waals surface area contributed by atoms with Gasteiger partial charge in [0.25, 0.3) is 0 Å². The van der Waals surface area contributed by atoms with Gasteiger partial charge in [-0.15, -0.1) is 11.8 Å². The first kappa shape index (κ1) is 8.34. The van der Waals surface area contributed by atoms with E-state index in [1.54, 1.807) is 11.8 Å². The lowest BCUT2D eigenvalue weighted by Crippen LogP contribution is -1.78. The Morgan fingerprint density at radius 1 is 1.27 bits per heavy atom. The van der Waals surface area contributed by atoms with Crippen molar-refractivity contribution < 1.29 is 0 Å². The zero-order valence-corrected chi connectivity index (χ0v) is 7.56. The number of rotatable bonds is 1. The molecule has 0 unspecified atom stereocenters. The van der Waals surface area contributed by atoms with Crippen molar-refractivity contribution in [3.63, 3.8) is 0 Å². The molecule has 0 bridgehead atoms. The summed E-state index contributed by atoms with van der Waals surface area (Å²) in [5.41, 5.74) is 1.03. The van der Waals surface area contributed by atoms with Crippen LogP contribution in [0.2, 0.25) is 0 Å². The molecule has 0 spiro atoms. The van der Waals surface area contributed by atoms with Crippen LogP contribution >= 0.6 is 11.8 Å². The minimum atomic E-state index is 1.03. The molecule has 0 radical (unpaired) electrons. The van der Waals surface area contributed by atoms with Gasteiger partial charge in [0.2, 0.25) is 0 Å². The number of thioether (sulfide) groups is 1. The van der Waals surface area contributed by atoms with Crippen molar-refractivity contribution in [2.45, 2.75) is 6.92 Å². The average molecular weight is 165 g/mol. The molecule has 0 fully saturated rings. The summed E-state index contributed by atoms with van der Waals surface area (Å²) >= 11 is 1.67. The maximum Gasteiger partial charge on any atom is 0.0704 e. The van der Waals surface area contributed by atoms with Crippen LogP contribution in [0.15, 0.2) is 35.3 Å². The van der Waals surface area contributed by atoms with Crippen LogP contribution < -0.4 is 0 Å². The van der Waals surface area contributed by atoms with E-state index < -0.39 is 0 Å². The molecular formula is C9H11NS. The predicted octanol–water partition coefficient (Wildman–Crippen LogP) is 3.10. The second-order valence-electron chi connectivity index (χ2n) is 2.17. The molecule has 0 N–H and O–H groups in total. The molecule has 0 aromatic heterocycles. The lowest BCUT2D eigenvalue weighted by atomic mass is 10.3. The Balaban J connectivity index is 2.79. The van der Waals surface area contributed by atoms with Crippen molar-refractivity contribution in [2.75, 3.05) is 6.26 Å². The summed E-state index contributed by atoms with van der Waals surface area (Å²) in [5, 5.41) is 1.09. The molecule has 11 heavy (non-hydrogen) atoms. The number of para-hydroxylation sites is 1. The van der Waals surface area contributed by atoms with Crippen LogP contribution in [0, 0.1) is 0 Å². The van der Waals surface area contributed by atoms with Crippen molar-refractivity contribution in [1.29, 1.82) is 0 Å². The second-order valence-corrected chi connectivity index (χ2v) is 3.17. The van der Waals surface area contributed by atoms with Crippen LogP contribution in [0.4, 0.5) is 5.69 Å². The Morgan fingerprint density at radius 3 is 2.45 bits per heavy atom. The van der Waals surface area contributed by atoms with E-state index in [0.717, 1.165) is 10.7 Å². The fourth-order valence-corrected chi connectivity index (χ4v) is 0.927. The van der Waals surface area contributed by atoms with E-state index in [1.807, 2.05) is 43.5 Å². The van der Waals surface area contributed by atoms with Gasteiger partial charge < -0.3 is 0 Å². The molecular weight excluding hydrogens is 154 g/mol. The third kappa shape index (κ3) is 2.76. The van der Waals surface area contributed by atoms with Crippen LogP contribution in [0.3, 0.4) is 0 Å². The van der Waals surface area contributed by atoms with Crippen molar-refractivity contribution in [1.82, 2.24) is 0 Å². The van der Waals surface area contributed by atoms with Gasteiger partial charge in [0.1, 0.15) is 0 Å². The van der Waals surface area contributed by atoms with E-state index in [4.69, 9.17) is 0 Å². The minimum Gasteiger partial charge on any atom is -0.247 e. The van der Waals surface area contributed by atoms with Gasteiger partial charge in [0.15, 0.2) is 0 Å². The summed E-state index contributed by atoms with van der Waals surface area (Å²) in [5.74, 6) is 0. The van der Waals surface area contributed by atoms with Gasteiger partial charge in [0.05, 0.1) is 10.7 Å². The average Bonchev–Trinajstić information content (AvgIpc) is 2.06. The Labute approximate surface area is 71.5 Å². The van der Waals surface area contributed by atoms with Crippen LogP contribution in [-0.4, -0.2) is 11.3 Å². The van der Waals surface area contributed by atoms with Gasteiger partial charge in [-0.3, -0.25) is 0 Å². The van der Waals surface area contributed by atoms with Crippen molar-refractivity contribution >= 4 is 22.5 Å². The van der Waals surface area contributed by atoms with Crippen molar-refractivity contribution in [3.8, 4) is 0 Å². The fraction of sp³-hybridized carbons (Fsp3) is 0.222. The molecule has 1 aromatic rings. The molecule has 1 rings (SSSR count). The standard InChI is InChI=1S/C9H11NS/c1-8(11-2)10-9-6-4-3-5-7-9/h3-7H,1-2H3/b10-8+. The SMILES string of the molecule is CS/C(C)=N/c1ccccc1. The van der Waals surface area contributed by atoms with Gasteiger partial charge in [0, 0.05) is 0 Å². The highest BCUT2D eigenvalue weighted by Crippen LogP contribution is 2.12. The Bertz CT molecular complexity index is 241. The molecule has 0 saturated carbocycles. The lowest BCUT2D eigenvalue weighted by Gasteiger charge is -1.94. The summed E-state index contributed by atoms with van der Waals surface area (Å²) in [6.07, 6.45) is 2.03. The molecule has 0 saturated heterocycles. The van der Waals surface area contributed by atoms with E-state index >= 15 is 0 Å². The van der Waals surface area contributed by atoms with Crippen molar-refractivity contribution in [2.24, 2.45) is 4.99 Å². The van der Waals surface area contributed by atoms with E-state index in [1.165, 1.54) is 0 Å². The highest BCUT2D eigenvalue weighted by atomic mass is 32.2. The van der Waals surface area contributed by atoms with Gasteiger partial charge in [-0.2, -0.15) is 0 Å². The number of aliphatic imine (C=N–C) groups is 1. The summed E-state index contributed by atoms with van der Waals surface area (Å²) < 4.78 is 0. The largest absolute Gasteiger partial charge is 0.247 e. The molecule has 0 aliphatic carbocycles. The third-order valence-electron chi connectivity index (χ3n) is 1.34. The quantitative estimate of drug-likeness (QED) is 0.460. The van der Waals surface area contributed by atoms with Crippen LogP contribution in [0.1, 0.15) is 6.92 Å².